The Balaban J connectivity index is 3.06. The van der Waals surface area contributed by atoms with Gasteiger partial charge in [0.25, 0.3) is 0 Å². The predicted octanol–water partition coefficient (Wildman–Crippen LogP) is 3.73. The molecule has 88 valence electrons. The molecule has 0 aliphatic rings. The second-order valence-corrected chi connectivity index (χ2v) is 4.07. The largest absolute Gasteiger partial charge is 0.321 e. The molecular weight excluding hydrogens is 228 g/mol. The van der Waals surface area contributed by atoms with Gasteiger partial charge in [0.15, 0.2) is 0 Å². The van der Waals surface area contributed by atoms with Gasteiger partial charge >= 0.3 is 0 Å². The highest BCUT2D eigenvalue weighted by Gasteiger charge is 2.23. The maximum absolute atomic E-state index is 6.36. The molecule has 0 aromatic heterocycles. The minimum atomic E-state index is -0.441. The summed E-state index contributed by atoms with van der Waals surface area (Å²) in [6.45, 7) is 7.49. The fraction of sp³-hybridized carbons (Fsp3) is 0.214. The summed E-state index contributed by atoms with van der Waals surface area (Å²) in [6.07, 6.45) is 5.06. The Bertz CT molecular complexity index is 432. The van der Waals surface area contributed by atoms with Gasteiger partial charge in [0.1, 0.15) is 0 Å². The Hall–Kier alpha value is -1.54. The summed E-state index contributed by atoms with van der Waals surface area (Å²) < 4.78 is 0. The van der Waals surface area contributed by atoms with E-state index in [1.807, 2.05) is 36.4 Å². The molecule has 0 saturated carbocycles. The molecule has 3 heteroatoms. The van der Waals surface area contributed by atoms with Crippen LogP contribution in [0.2, 0.25) is 0 Å². The van der Waals surface area contributed by atoms with Crippen molar-refractivity contribution in [3.63, 3.8) is 0 Å². The van der Waals surface area contributed by atoms with E-state index < -0.39 is 5.54 Å². The second kappa shape index (κ2) is 6.26. The summed E-state index contributed by atoms with van der Waals surface area (Å²) in [7, 11) is 0. The van der Waals surface area contributed by atoms with Crippen LogP contribution in [0.3, 0.4) is 0 Å². The maximum Gasteiger partial charge on any atom is 0.0739 e. The third-order valence-corrected chi connectivity index (χ3v) is 2.73. The Morgan fingerprint density at radius 2 is 1.76 bits per heavy atom. The van der Waals surface area contributed by atoms with Crippen molar-refractivity contribution in [1.82, 2.24) is 0 Å². The van der Waals surface area contributed by atoms with Crippen molar-refractivity contribution in [3.8, 4) is 0 Å². The van der Waals surface area contributed by atoms with Crippen molar-refractivity contribution in [2.24, 2.45) is 10.7 Å². The molecule has 1 rings (SSSR count). The lowest BCUT2D eigenvalue weighted by Gasteiger charge is -2.27. The number of rotatable bonds is 6. The topological polar surface area (TPSA) is 38.4 Å². The van der Waals surface area contributed by atoms with E-state index in [2.05, 4.69) is 35.5 Å². The van der Waals surface area contributed by atoms with Crippen molar-refractivity contribution >= 4 is 23.1 Å². The molecule has 1 aromatic rings. The molecular formula is C14H16N2S. The zero-order valence-corrected chi connectivity index (χ0v) is 10.5. The number of thiocarbonyl (C=S) groups is 1. The summed E-state index contributed by atoms with van der Waals surface area (Å²) in [4.78, 5) is 3.91. The first-order valence-corrected chi connectivity index (χ1v) is 5.76. The van der Waals surface area contributed by atoms with Crippen molar-refractivity contribution in [3.05, 3.63) is 55.1 Å². The van der Waals surface area contributed by atoms with Gasteiger partial charge in [-0.3, -0.25) is 0 Å². The molecule has 2 nitrogen and oxygen atoms in total. The van der Waals surface area contributed by atoms with E-state index in [1.54, 1.807) is 0 Å². The molecule has 0 heterocycles. The van der Waals surface area contributed by atoms with Crippen LogP contribution < -0.4 is 5.73 Å². The number of hydrogen-bond donors (Lipinski definition) is 1. The Morgan fingerprint density at radius 3 is 2.18 bits per heavy atom. The quantitative estimate of drug-likeness (QED) is 0.470. The summed E-state index contributed by atoms with van der Waals surface area (Å²) >= 11 is 4.56. The number of isothiocyanates is 1. The van der Waals surface area contributed by atoms with Crippen molar-refractivity contribution in [1.29, 1.82) is 0 Å². The highest BCUT2D eigenvalue weighted by Crippen LogP contribution is 2.28. The fourth-order valence-corrected chi connectivity index (χ4v) is 1.86. The SMILES string of the molecule is C=CCC(N)(CC=C)c1ccc(N=C=S)cc1. The fourth-order valence-electron chi connectivity index (χ4n) is 1.75. The van der Waals surface area contributed by atoms with Gasteiger partial charge < -0.3 is 5.73 Å². The van der Waals surface area contributed by atoms with Gasteiger partial charge in [-0.2, -0.15) is 4.99 Å². The van der Waals surface area contributed by atoms with Crippen molar-refractivity contribution in [2.75, 3.05) is 0 Å². The molecule has 0 aliphatic carbocycles. The van der Waals surface area contributed by atoms with E-state index in [9.17, 15) is 0 Å². The zero-order valence-electron chi connectivity index (χ0n) is 9.73. The lowest BCUT2D eigenvalue weighted by atomic mass is 9.84. The Labute approximate surface area is 108 Å². The van der Waals surface area contributed by atoms with E-state index in [1.165, 1.54) is 0 Å². The lowest BCUT2D eigenvalue weighted by molar-refractivity contribution is 0.456. The molecule has 0 bridgehead atoms. The van der Waals surface area contributed by atoms with Gasteiger partial charge in [-0.05, 0) is 42.8 Å². The summed E-state index contributed by atoms with van der Waals surface area (Å²) in [5.74, 6) is 0. The van der Waals surface area contributed by atoms with Crippen LogP contribution in [0.5, 0.6) is 0 Å². The average molecular weight is 244 g/mol. The number of nitrogens with two attached hydrogens (primary N) is 1. The first kappa shape index (κ1) is 13.5. The van der Waals surface area contributed by atoms with Crippen molar-refractivity contribution in [2.45, 2.75) is 18.4 Å². The molecule has 0 unspecified atom stereocenters. The molecule has 0 atom stereocenters. The van der Waals surface area contributed by atoms with Crippen LogP contribution in [0.4, 0.5) is 5.69 Å². The predicted molar refractivity (Wildman–Crippen MR) is 76.6 cm³/mol. The van der Waals surface area contributed by atoms with Gasteiger partial charge in [0, 0.05) is 5.54 Å². The van der Waals surface area contributed by atoms with Gasteiger partial charge in [0.2, 0.25) is 0 Å². The van der Waals surface area contributed by atoms with E-state index in [0.29, 0.717) is 12.8 Å². The van der Waals surface area contributed by atoms with E-state index >= 15 is 0 Å². The van der Waals surface area contributed by atoms with Crippen LogP contribution in [-0.4, -0.2) is 5.16 Å². The number of hydrogen-bond acceptors (Lipinski definition) is 3. The Morgan fingerprint density at radius 1 is 1.24 bits per heavy atom. The molecule has 17 heavy (non-hydrogen) atoms. The van der Waals surface area contributed by atoms with Crippen LogP contribution in [0.25, 0.3) is 0 Å². The van der Waals surface area contributed by atoms with Crippen LogP contribution in [0.1, 0.15) is 18.4 Å². The summed E-state index contributed by atoms with van der Waals surface area (Å²) in [6, 6.07) is 7.67. The standard InChI is InChI=1S/C14H16N2S/c1-3-9-14(15,10-4-2)12-5-7-13(8-6-12)16-11-17/h3-8H,1-2,9-10,15H2. The number of aliphatic imine (C=N–C) groups is 1. The highest BCUT2D eigenvalue weighted by atomic mass is 32.1. The average Bonchev–Trinajstić information content (AvgIpc) is 2.31. The molecule has 0 amide bonds. The molecule has 2 N–H and O–H groups in total. The lowest BCUT2D eigenvalue weighted by Crippen LogP contribution is -2.35. The number of nitrogens with zero attached hydrogens (tertiary/aromatic N) is 1. The van der Waals surface area contributed by atoms with Gasteiger partial charge in [-0.1, -0.05) is 24.3 Å². The minimum absolute atomic E-state index is 0.441. The first-order chi connectivity index (χ1) is 8.16. The van der Waals surface area contributed by atoms with E-state index in [0.717, 1.165) is 11.3 Å². The molecule has 0 saturated heterocycles. The Kier molecular flexibility index (Phi) is 4.98. The summed E-state index contributed by atoms with van der Waals surface area (Å²) in [5, 5.41) is 2.34. The van der Waals surface area contributed by atoms with Crippen LogP contribution in [0, 0.1) is 0 Å². The smallest absolute Gasteiger partial charge is 0.0739 e. The van der Waals surface area contributed by atoms with Crippen LogP contribution >= 0.6 is 12.2 Å². The number of benzene rings is 1. The highest BCUT2D eigenvalue weighted by molar-refractivity contribution is 7.78. The molecule has 0 spiro atoms. The normalized spacial score (nSPS) is 10.4. The minimum Gasteiger partial charge on any atom is -0.321 e. The monoisotopic (exact) mass is 244 g/mol. The third kappa shape index (κ3) is 3.46. The molecule has 0 aliphatic heterocycles. The van der Waals surface area contributed by atoms with E-state index in [4.69, 9.17) is 5.73 Å². The zero-order chi connectivity index (χ0) is 12.7. The van der Waals surface area contributed by atoms with Crippen LogP contribution in [0.15, 0.2) is 54.6 Å². The van der Waals surface area contributed by atoms with Gasteiger partial charge in [0.05, 0.1) is 10.8 Å². The second-order valence-electron chi connectivity index (χ2n) is 3.89. The molecule has 0 radical (unpaired) electrons. The third-order valence-electron chi connectivity index (χ3n) is 2.63. The van der Waals surface area contributed by atoms with Gasteiger partial charge in [-0.25, -0.2) is 0 Å². The summed E-state index contributed by atoms with van der Waals surface area (Å²) in [5.41, 5.74) is 7.74. The molecule has 1 aromatic carbocycles. The van der Waals surface area contributed by atoms with E-state index in [-0.39, 0.29) is 0 Å². The first-order valence-electron chi connectivity index (χ1n) is 5.35. The maximum atomic E-state index is 6.36. The van der Waals surface area contributed by atoms with Crippen LogP contribution in [-0.2, 0) is 5.54 Å². The van der Waals surface area contributed by atoms with Gasteiger partial charge in [-0.15, -0.1) is 13.2 Å². The molecule has 0 fully saturated rings. The van der Waals surface area contributed by atoms with Crippen molar-refractivity contribution < 1.29 is 0 Å².